The fourth-order valence-electron chi connectivity index (χ4n) is 1.66. The van der Waals surface area contributed by atoms with Crippen molar-refractivity contribution in [2.24, 2.45) is 0 Å². The summed E-state index contributed by atoms with van der Waals surface area (Å²) in [6, 6.07) is 12.2. The molecule has 3 aromatic rings. The number of hydrogen-bond donors (Lipinski definition) is 0. The van der Waals surface area contributed by atoms with Crippen LogP contribution in [0.1, 0.15) is 0 Å². The standard InChI is InChI=1S/C13H7BrFNO/c14-9-4-1-3-8(7-9)13-16-11-6-2-5-10(15)12(11)17-13/h1-7H. The van der Waals surface area contributed by atoms with E-state index < -0.39 is 5.82 Å². The zero-order chi connectivity index (χ0) is 11.8. The topological polar surface area (TPSA) is 26.0 Å². The maximum atomic E-state index is 13.5. The largest absolute Gasteiger partial charge is 0.433 e. The van der Waals surface area contributed by atoms with E-state index in [1.165, 1.54) is 6.07 Å². The molecule has 0 bridgehead atoms. The number of nitrogens with zero attached hydrogens (tertiary/aromatic N) is 1. The number of aromatic nitrogens is 1. The van der Waals surface area contributed by atoms with Gasteiger partial charge in [0.05, 0.1) is 0 Å². The van der Waals surface area contributed by atoms with Crippen molar-refractivity contribution in [3.8, 4) is 11.5 Å². The van der Waals surface area contributed by atoms with Crippen molar-refractivity contribution in [2.45, 2.75) is 0 Å². The van der Waals surface area contributed by atoms with Crippen molar-refractivity contribution in [1.82, 2.24) is 4.98 Å². The highest BCUT2D eigenvalue weighted by molar-refractivity contribution is 9.10. The summed E-state index contributed by atoms with van der Waals surface area (Å²) in [4.78, 5) is 4.26. The zero-order valence-electron chi connectivity index (χ0n) is 8.65. The zero-order valence-corrected chi connectivity index (χ0v) is 10.2. The summed E-state index contributed by atoms with van der Waals surface area (Å²) in [5.41, 5.74) is 1.54. The molecule has 84 valence electrons. The normalized spacial score (nSPS) is 10.9. The van der Waals surface area contributed by atoms with Crippen molar-refractivity contribution in [3.05, 3.63) is 52.8 Å². The maximum Gasteiger partial charge on any atom is 0.227 e. The third-order valence-corrected chi connectivity index (χ3v) is 2.93. The first-order chi connectivity index (χ1) is 8.24. The summed E-state index contributed by atoms with van der Waals surface area (Å²) in [6.07, 6.45) is 0. The predicted molar refractivity (Wildman–Crippen MR) is 67.1 cm³/mol. The number of benzene rings is 2. The number of rotatable bonds is 1. The Bertz CT molecular complexity index is 693. The molecule has 0 atom stereocenters. The quantitative estimate of drug-likeness (QED) is 0.664. The van der Waals surface area contributed by atoms with Gasteiger partial charge in [-0.1, -0.05) is 28.1 Å². The monoisotopic (exact) mass is 291 g/mol. The van der Waals surface area contributed by atoms with Gasteiger partial charge in [0.2, 0.25) is 5.89 Å². The van der Waals surface area contributed by atoms with Crippen LogP contribution in [0.25, 0.3) is 22.6 Å². The molecule has 2 aromatic carbocycles. The molecule has 0 saturated heterocycles. The van der Waals surface area contributed by atoms with Crippen molar-refractivity contribution in [1.29, 1.82) is 0 Å². The van der Waals surface area contributed by atoms with Gasteiger partial charge in [-0.05, 0) is 30.3 Å². The summed E-state index contributed by atoms with van der Waals surface area (Å²) < 4.78 is 19.8. The van der Waals surface area contributed by atoms with Crippen LogP contribution in [0.3, 0.4) is 0 Å². The highest BCUT2D eigenvalue weighted by atomic mass is 79.9. The van der Waals surface area contributed by atoms with Gasteiger partial charge in [-0.15, -0.1) is 0 Å². The first-order valence-electron chi connectivity index (χ1n) is 5.05. The van der Waals surface area contributed by atoms with Gasteiger partial charge in [0.25, 0.3) is 0 Å². The minimum atomic E-state index is -0.392. The first kappa shape index (κ1) is 10.5. The lowest BCUT2D eigenvalue weighted by Crippen LogP contribution is -1.76. The van der Waals surface area contributed by atoms with E-state index >= 15 is 0 Å². The van der Waals surface area contributed by atoms with E-state index in [9.17, 15) is 4.39 Å². The second-order valence-corrected chi connectivity index (χ2v) is 4.53. The fraction of sp³-hybridized carbons (Fsp3) is 0. The Morgan fingerprint density at radius 2 is 1.94 bits per heavy atom. The summed E-state index contributed by atoms with van der Waals surface area (Å²) in [7, 11) is 0. The lowest BCUT2D eigenvalue weighted by molar-refractivity contribution is 0.564. The van der Waals surface area contributed by atoms with E-state index in [1.807, 2.05) is 24.3 Å². The molecular formula is C13H7BrFNO. The van der Waals surface area contributed by atoms with Crippen LogP contribution in [0.15, 0.2) is 51.4 Å². The van der Waals surface area contributed by atoms with Crippen LogP contribution in [-0.4, -0.2) is 4.98 Å². The Kier molecular flexibility index (Phi) is 2.44. The fourth-order valence-corrected chi connectivity index (χ4v) is 2.06. The highest BCUT2D eigenvalue weighted by Crippen LogP contribution is 2.27. The maximum absolute atomic E-state index is 13.5. The lowest BCUT2D eigenvalue weighted by Gasteiger charge is -1.95. The molecule has 0 aliphatic carbocycles. The van der Waals surface area contributed by atoms with Crippen LogP contribution in [0, 0.1) is 5.82 Å². The molecule has 0 amide bonds. The van der Waals surface area contributed by atoms with E-state index in [1.54, 1.807) is 12.1 Å². The smallest absolute Gasteiger partial charge is 0.227 e. The van der Waals surface area contributed by atoms with E-state index in [0.29, 0.717) is 11.4 Å². The third-order valence-electron chi connectivity index (χ3n) is 2.44. The van der Waals surface area contributed by atoms with E-state index in [4.69, 9.17) is 4.42 Å². The van der Waals surface area contributed by atoms with Crippen LogP contribution < -0.4 is 0 Å². The molecule has 0 fully saturated rings. The molecule has 0 aliphatic heterocycles. The number of hydrogen-bond acceptors (Lipinski definition) is 2. The van der Waals surface area contributed by atoms with Gasteiger partial charge in [0.1, 0.15) is 5.52 Å². The van der Waals surface area contributed by atoms with Crippen molar-refractivity contribution in [2.75, 3.05) is 0 Å². The molecule has 0 radical (unpaired) electrons. The highest BCUT2D eigenvalue weighted by Gasteiger charge is 2.11. The average Bonchev–Trinajstić information content (AvgIpc) is 2.74. The molecular weight excluding hydrogens is 285 g/mol. The van der Waals surface area contributed by atoms with Crippen LogP contribution in [-0.2, 0) is 0 Å². The number of fused-ring (bicyclic) bond motifs is 1. The molecule has 0 N–H and O–H groups in total. The van der Waals surface area contributed by atoms with Gasteiger partial charge in [0, 0.05) is 10.0 Å². The molecule has 3 rings (SSSR count). The lowest BCUT2D eigenvalue weighted by atomic mass is 10.2. The third kappa shape index (κ3) is 1.85. The Morgan fingerprint density at radius 3 is 2.71 bits per heavy atom. The summed E-state index contributed by atoms with van der Waals surface area (Å²) in [5, 5.41) is 0. The van der Waals surface area contributed by atoms with Gasteiger partial charge in [-0.25, -0.2) is 9.37 Å². The summed E-state index contributed by atoms with van der Waals surface area (Å²) in [6.45, 7) is 0. The Balaban J connectivity index is 2.22. The van der Waals surface area contributed by atoms with E-state index in [0.717, 1.165) is 10.0 Å². The summed E-state index contributed by atoms with van der Waals surface area (Å²) >= 11 is 3.37. The Morgan fingerprint density at radius 1 is 1.12 bits per heavy atom. The van der Waals surface area contributed by atoms with Gasteiger partial charge >= 0.3 is 0 Å². The Hall–Kier alpha value is -1.68. The molecule has 0 saturated carbocycles. The van der Waals surface area contributed by atoms with Crippen molar-refractivity contribution < 1.29 is 8.81 Å². The number of oxazole rings is 1. The molecule has 4 heteroatoms. The minimum Gasteiger partial charge on any atom is -0.433 e. The second-order valence-electron chi connectivity index (χ2n) is 3.62. The summed E-state index contributed by atoms with van der Waals surface area (Å²) in [5.74, 6) is 0.0302. The molecule has 1 aromatic heterocycles. The van der Waals surface area contributed by atoms with Crippen LogP contribution in [0.2, 0.25) is 0 Å². The van der Waals surface area contributed by atoms with Crippen molar-refractivity contribution in [3.63, 3.8) is 0 Å². The van der Waals surface area contributed by atoms with Gasteiger partial charge in [-0.3, -0.25) is 0 Å². The predicted octanol–water partition coefficient (Wildman–Crippen LogP) is 4.40. The average molecular weight is 292 g/mol. The van der Waals surface area contributed by atoms with Crippen LogP contribution >= 0.6 is 15.9 Å². The number of halogens is 2. The van der Waals surface area contributed by atoms with Gasteiger partial charge in [-0.2, -0.15) is 0 Å². The second kappa shape index (κ2) is 3.96. The minimum absolute atomic E-state index is 0.197. The molecule has 1 heterocycles. The van der Waals surface area contributed by atoms with E-state index in [-0.39, 0.29) is 5.58 Å². The Labute approximate surface area is 105 Å². The number of para-hydroxylation sites is 1. The van der Waals surface area contributed by atoms with Gasteiger partial charge in [0.15, 0.2) is 11.4 Å². The van der Waals surface area contributed by atoms with Crippen LogP contribution in [0.4, 0.5) is 4.39 Å². The molecule has 0 spiro atoms. The molecule has 17 heavy (non-hydrogen) atoms. The first-order valence-corrected chi connectivity index (χ1v) is 5.84. The molecule has 2 nitrogen and oxygen atoms in total. The SMILES string of the molecule is Fc1cccc2nc(-c3cccc(Br)c3)oc12. The van der Waals surface area contributed by atoms with Gasteiger partial charge < -0.3 is 4.42 Å². The molecule has 0 unspecified atom stereocenters. The van der Waals surface area contributed by atoms with Crippen LogP contribution in [0.5, 0.6) is 0 Å². The molecule has 0 aliphatic rings. The van der Waals surface area contributed by atoms with Crippen molar-refractivity contribution >= 4 is 27.0 Å². The van der Waals surface area contributed by atoms with E-state index in [2.05, 4.69) is 20.9 Å².